The minimum absolute atomic E-state index is 0.0957. The Morgan fingerprint density at radius 2 is 2.10 bits per heavy atom. The quantitative estimate of drug-likeness (QED) is 0.229. The van der Waals surface area contributed by atoms with E-state index in [1.54, 1.807) is 12.1 Å². The molecule has 1 aromatic carbocycles. The predicted octanol–water partition coefficient (Wildman–Crippen LogP) is 3.44. The van der Waals surface area contributed by atoms with Crippen LogP contribution in [0.4, 0.5) is 5.69 Å². The summed E-state index contributed by atoms with van der Waals surface area (Å²) < 4.78 is 0.972. The van der Waals surface area contributed by atoms with Crippen LogP contribution in [0.5, 0.6) is 0 Å². The summed E-state index contributed by atoms with van der Waals surface area (Å²) in [4.78, 5) is 12.5. The van der Waals surface area contributed by atoms with E-state index in [1.807, 2.05) is 19.9 Å². The van der Waals surface area contributed by atoms with Gasteiger partial charge in [0.15, 0.2) is 5.84 Å². The SMILES string of the molecule is CCC(CC)(C(=O)Nc1ccc(I)cc1Cl)/C(N)=N/O. The van der Waals surface area contributed by atoms with Gasteiger partial charge >= 0.3 is 0 Å². The number of hydrogen-bond acceptors (Lipinski definition) is 3. The second-order valence-electron chi connectivity index (χ2n) is 4.35. The van der Waals surface area contributed by atoms with E-state index in [0.717, 1.165) is 3.57 Å². The first-order valence-corrected chi connectivity index (χ1v) is 7.61. The van der Waals surface area contributed by atoms with Crippen molar-refractivity contribution in [1.29, 1.82) is 0 Å². The van der Waals surface area contributed by atoms with Crippen LogP contribution in [-0.4, -0.2) is 17.0 Å². The number of hydrogen-bond donors (Lipinski definition) is 3. The average molecular weight is 410 g/mol. The summed E-state index contributed by atoms with van der Waals surface area (Å²) in [6, 6.07) is 5.32. The molecule has 110 valence electrons. The minimum Gasteiger partial charge on any atom is -0.409 e. The Hall–Kier alpha value is -1.02. The van der Waals surface area contributed by atoms with Gasteiger partial charge in [-0.25, -0.2) is 0 Å². The fourth-order valence-corrected chi connectivity index (χ4v) is 2.88. The van der Waals surface area contributed by atoms with E-state index in [-0.39, 0.29) is 11.7 Å². The summed E-state index contributed by atoms with van der Waals surface area (Å²) in [5, 5.41) is 15.1. The molecule has 0 heterocycles. The molecule has 0 radical (unpaired) electrons. The number of rotatable bonds is 5. The van der Waals surface area contributed by atoms with Crippen molar-refractivity contribution >= 4 is 51.6 Å². The average Bonchev–Trinajstić information content (AvgIpc) is 2.43. The van der Waals surface area contributed by atoms with E-state index >= 15 is 0 Å². The molecule has 0 spiro atoms. The standard InChI is InChI=1S/C13H17ClIN3O2/c1-3-13(4-2,11(16)18-20)12(19)17-10-6-5-8(15)7-9(10)14/h5-7,20H,3-4H2,1-2H3,(H2,16,18)(H,17,19). The molecule has 1 amide bonds. The molecule has 0 aliphatic rings. The van der Waals surface area contributed by atoms with Crippen LogP contribution in [0.1, 0.15) is 26.7 Å². The van der Waals surface area contributed by atoms with Crippen LogP contribution in [0.2, 0.25) is 5.02 Å². The van der Waals surface area contributed by atoms with E-state index in [1.165, 1.54) is 0 Å². The molecule has 0 saturated carbocycles. The molecule has 20 heavy (non-hydrogen) atoms. The number of oxime groups is 1. The van der Waals surface area contributed by atoms with Crippen LogP contribution in [0.25, 0.3) is 0 Å². The summed E-state index contributed by atoms with van der Waals surface area (Å²) in [6.07, 6.45) is 0.848. The molecule has 0 aliphatic carbocycles. The maximum absolute atomic E-state index is 12.5. The molecule has 0 saturated heterocycles. The van der Waals surface area contributed by atoms with Crippen LogP contribution in [0.15, 0.2) is 23.4 Å². The molecule has 7 heteroatoms. The van der Waals surface area contributed by atoms with Gasteiger partial charge in [-0.05, 0) is 53.6 Å². The van der Waals surface area contributed by atoms with E-state index in [9.17, 15) is 4.79 Å². The normalized spacial score (nSPS) is 12.3. The number of amides is 1. The number of nitrogens with zero attached hydrogens (tertiary/aromatic N) is 1. The lowest BCUT2D eigenvalue weighted by Gasteiger charge is -2.28. The topological polar surface area (TPSA) is 87.7 Å². The Balaban J connectivity index is 3.09. The Labute approximate surface area is 136 Å². The predicted molar refractivity (Wildman–Crippen MR) is 89.2 cm³/mol. The molecule has 0 bridgehead atoms. The lowest BCUT2D eigenvalue weighted by Crippen LogP contribution is -2.46. The zero-order valence-electron chi connectivity index (χ0n) is 11.3. The Morgan fingerprint density at radius 1 is 1.50 bits per heavy atom. The number of benzene rings is 1. The van der Waals surface area contributed by atoms with Gasteiger partial charge in [-0.2, -0.15) is 0 Å². The van der Waals surface area contributed by atoms with Gasteiger partial charge in [-0.15, -0.1) is 0 Å². The summed E-state index contributed by atoms with van der Waals surface area (Å²) in [6.45, 7) is 3.63. The van der Waals surface area contributed by atoms with Crippen molar-refractivity contribution in [3.8, 4) is 0 Å². The Morgan fingerprint density at radius 3 is 2.55 bits per heavy atom. The molecule has 0 atom stereocenters. The zero-order chi connectivity index (χ0) is 15.3. The molecule has 1 rings (SSSR count). The zero-order valence-corrected chi connectivity index (χ0v) is 14.2. The fourth-order valence-electron chi connectivity index (χ4n) is 1.98. The highest BCUT2D eigenvalue weighted by Gasteiger charge is 2.40. The van der Waals surface area contributed by atoms with E-state index in [4.69, 9.17) is 22.5 Å². The Kier molecular flexibility index (Phi) is 6.07. The van der Waals surface area contributed by atoms with Crippen molar-refractivity contribution in [2.75, 3.05) is 5.32 Å². The van der Waals surface area contributed by atoms with Crippen molar-refractivity contribution < 1.29 is 10.0 Å². The van der Waals surface area contributed by atoms with Crippen LogP contribution in [0, 0.1) is 8.99 Å². The van der Waals surface area contributed by atoms with Crippen molar-refractivity contribution in [2.24, 2.45) is 16.3 Å². The third-order valence-electron chi connectivity index (χ3n) is 3.42. The summed E-state index contributed by atoms with van der Waals surface area (Å²) in [7, 11) is 0. The van der Waals surface area contributed by atoms with Crippen molar-refractivity contribution in [3.05, 3.63) is 26.8 Å². The van der Waals surface area contributed by atoms with Gasteiger partial charge in [-0.1, -0.05) is 30.6 Å². The highest BCUT2D eigenvalue weighted by Crippen LogP contribution is 2.31. The first kappa shape index (κ1) is 17.0. The third-order valence-corrected chi connectivity index (χ3v) is 4.40. The van der Waals surface area contributed by atoms with Gasteiger partial charge in [0.25, 0.3) is 0 Å². The van der Waals surface area contributed by atoms with E-state index in [2.05, 4.69) is 33.1 Å². The van der Waals surface area contributed by atoms with Crippen molar-refractivity contribution in [1.82, 2.24) is 0 Å². The lowest BCUT2D eigenvalue weighted by molar-refractivity contribution is -0.122. The van der Waals surface area contributed by atoms with Gasteiger partial charge in [0.1, 0.15) is 5.41 Å². The smallest absolute Gasteiger partial charge is 0.238 e. The maximum atomic E-state index is 12.5. The largest absolute Gasteiger partial charge is 0.409 e. The monoisotopic (exact) mass is 409 g/mol. The first-order chi connectivity index (χ1) is 9.41. The van der Waals surface area contributed by atoms with Crippen molar-refractivity contribution in [2.45, 2.75) is 26.7 Å². The number of halogens is 2. The number of carbonyl (C=O) groups is 1. The summed E-state index contributed by atoms with van der Waals surface area (Å²) in [5.41, 5.74) is 5.16. The molecule has 5 nitrogen and oxygen atoms in total. The molecular formula is C13H17ClIN3O2. The third kappa shape index (κ3) is 3.35. The Bertz CT molecular complexity index is 530. The van der Waals surface area contributed by atoms with E-state index < -0.39 is 5.41 Å². The molecule has 4 N–H and O–H groups in total. The fraction of sp³-hybridized carbons (Fsp3) is 0.385. The van der Waals surface area contributed by atoms with Crippen LogP contribution in [0.3, 0.4) is 0 Å². The second-order valence-corrected chi connectivity index (χ2v) is 6.01. The summed E-state index contributed by atoms with van der Waals surface area (Å²) >= 11 is 8.23. The molecule has 0 fully saturated rings. The number of carbonyl (C=O) groups excluding carboxylic acids is 1. The van der Waals surface area contributed by atoms with Crippen molar-refractivity contribution in [3.63, 3.8) is 0 Å². The molecule has 1 aromatic rings. The number of nitrogens with two attached hydrogens (primary N) is 1. The van der Waals surface area contributed by atoms with E-state index in [0.29, 0.717) is 23.6 Å². The molecule has 0 aliphatic heterocycles. The number of nitrogens with one attached hydrogen (secondary N) is 1. The highest BCUT2D eigenvalue weighted by molar-refractivity contribution is 14.1. The van der Waals surface area contributed by atoms with Gasteiger partial charge < -0.3 is 16.3 Å². The number of anilines is 1. The molecule has 0 unspecified atom stereocenters. The molecule has 0 aromatic heterocycles. The van der Waals surface area contributed by atoms with Crippen LogP contribution < -0.4 is 11.1 Å². The van der Waals surface area contributed by atoms with Gasteiger partial charge in [-0.3, -0.25) is 4.79 Å². The minimum atomic E-state index is -1.04. The lowest BCUT2D eigenvalue weighted by atomic mass is 9.80. The summed E-state index contributed by atoms with van der Waals surface area (Å²) in [5.74, 6) is -0.428. The maximum Gasteiger partial charge on any atom is 0.238 e. The second kappa shape index (κ2) is 7.12. The van der Waals surface area contributed by atoms with Gasteiger partial charge in [0.05, 0.1) is 10.7 Å². The molecular weight excluding hydrogens is 393 g/mol. The van der Waals surface area contributed by atoms with Gasteiger partial charge in [0, 0.05) is 3.57 Å². The number of amidine groups is 1. The first-order valence-electron chi connectivity index (χ1n) is 6.15. The van der Waals surface area contributed by atoms with Crippen LogP contribution >= 0.6 is 34.2 Å². The highest BCUT2D eigenvalue weighted by atomic mass is 127. The van der Waals surface area contributed by atoms with Gasteiger partial charge in [0.2, 0.25) is 5.91 Å². The van der Waals surface area contributed by atoms with Crippen LogP contribution in [-0.2, 0) is 4.79 Å².